The van der Waals surface area contributed by atoms with Crippen molar-refractivity contribution in [3.05, 3.63) is 69.2 Å². The lowest BCUT2D eigenvalue weighted by Crippen LogP contribution is -2.31. The predicted molar refractivity (Wildman–Crippen MR) is 95.0 cm³/mol. The zero-order valence-corrected chi connectivity index (χ0v) is 14.3. The highest BCUT2D eigenvalue weighted by atomic mass is 35.5. The molecule has 0 fully saturated rings. The van der Waals surface area contributed by atoms with Crippen molar-refractivity contribution in [2.24, 2.45) is 0 Å². The fourth-order valence-corrected chi connectivity index (χ4v) is 3.44. The highest BCUT2D eigenvalue weighted by Gasteiger charge is 2.21. The standard InChI is InChI=1S/C19H19Cl2NO/c20-16-10-8-13(12-17(16)21)9-11-19(23)22-18-7-3-5-14-4-1-2-6-15(14)18/h1-2,4,6,8,10,12,18H,3,5,7,9,11H2,(H,22,23)/t18-/m1/s1. The SMILES string of the molecule is O=C(CCc1ccc(Cl)c(Cl)c1)N[C@@H]1CCCc2ccccc21. The summed E-state index contributed by atoms with van der Waals surface area (Å²) in [5, 5.41) is 4.25. The molecule has 1 amide bonds. The first-order valence-electron chi connectivity index (χ1n) is 7.94. The van der Waals surface area contributed by atoms with Gasteiger partial charge >= 0.3 is 0 Å². The number of nitrogens with one attached hydrogen (secondary N) is 1. The summed E-state index contributed by atoms with van der Waals surface area (Å²) in [5.74, 6) is 0.0813. The normalized spacial score (nSPS) is 16.7. The van der Waals surface area contributed by atoms with Crippen LogP contribution in [0.1, 0.15) is 42.0 Å². The van der Waals surface area contributed by atoms with Gasteiger partial charge in [0, 0.05) is 6.42 Å². The number of hydrogen-bond donors (Lipinski definition) is 1. The predicted octanol–water partition coefficient (Wildman–Crippen LogP) is 5.12. The van der Waals surface area contributed by atoms with Crippen LogP contribution in [0.3, 0.4) is 0 Å². The Bertz CT molecular complexity index is 714. The molecular weight excluding hydrogens is 329 g/mol. The maximum absolute atomic E-state index is 12.3. The number of fused-ring (bicyclic) bond motifs is 1. The van der Waals surface area contributed by atoms with Crippen molar-refractivity contribution in [3.8, 4) is 0 Å². The van der Waals surface area contributed by atoms with Gasteiger partial charge in [-0.1, -0.05) is 53.5 Å². The molecule has 0 saturated heterocycles. The highest BCUT2D eigenvalue weighted by molar-refractivity contribution is 6.42. The van der Waals surface area contributed by atoms with Gasteiger partial charge in [0.15, 0.2) is 0 Å². The van der Waals surface area contributed by atoms with Gasteiger partial charge in [0.1, 0.15) is 0 Å². The molecule has 2 nitrogen and oxygen atoms in total. The molecule has 2 aromatic carbocycles. The van der Waals surface area contributed by atoms with Crippen molar-refractivity contribution >= 4 is 29.1 Å². The summed E-state index contributed by atoms with van der Waals surface area (Å²) >= 11 is 11.9. The summed E-state index contributed by atoms with van der Waals surface area (Å²) in [6.45, 7) is 0. The number of rotatable bonds is 4. The van der Waals surface area contributed by atoms with Gasteiger partial charge in [-0.05, 0) is 54.5 Å². The number of hydrogen-bond acceptors (Lipinski definition) is 1. The van der Waals surface area contributed by atoms with Crippen molar-refractivity contribution < 1.29 is 4.79 Å². The van der Waals surface area contributed by atoms with Gasteiger partial charge in [-0.25, -0.2) is 0 Å². The van der Waals surface area contributed by atoms with Crippen LogP contribution in [0.2, 0.25) is 10.0 Å². The minimum absolute atomic E-state index is 0.0813. The Kier molecular flexibility index (Phi) is 5.24. The Balaban J connectivity index is 1.59. The first-order valence-corrected chi connectivity index (χ1v) is 8.70. The first-order chi connectivity index (χ1) is 11.1. The third kappa shape index (κ3) is 4.07. The number of benzene rings is 2. The Morgan fingerprint density at radius 1 is 1.13 bits per heavy atom. The molecule has 1 aliphatic rings. The molecule has 0 aromatic heterocycles. The van der Waals surface area contributed by atoms with Crippen LogP contribution < -0.4 is 5.32 Å². The average Bonchev–Trinajstić information content (AvgIpc) is 2.56. The monoisotopic (exact) mass is 347 g/mol. The summed E-state index contributed by atoms with van der Waals surface area (Å²) in [7, 11) is 0. The molecule has 0 spiro atoms. The summed E-state index contributed by atoms with van der Waals surface area (Å²) in [6, 6.07) is 14.0. The van der Waals surface area contributed by atoms with Crippen LogP contribution in [0.25, 0.3) is 0 Å². The maximum atomic E-state index is 12.3. The van der Waals surface area contributed by atoms with Gasteiger partial charge in [-0.2, -0.15) is 0 Å². The topological polar surface area (TPSA) is 29.1 Å². The Hall–Kier alpha value is -1.51. The van der Waals surface area contributed by atoms with E-state index in [9.17, 15) is 4.79 Å². The van der Waals surface area contributed by atoms with E-state index in [1.54, 1.807) is 6.07 Å². The van der Waals surface area contributed by atoms with Crippen molar-refractivity contribution in [2.75, 3.05) is 0 Å². The third-order valence-corrected chi connectivity index (χ3v) is 5.07. The lowest BCUT2D eigenvalue weighted by atomic mass is 9.87. The van der Waals surface area contributed by atoms with Crippen LogP contribution in [0.5, 0.6) is 0 Å². The maximum Gasteiger partial charge on any atom is 0.220 e. The molecule has 1 N–H and O–H groups in total. The van der Waals surface area contributed by atoms with Gasteiger partial charge in [0.05, 0.1) is 16.1 Å². The molecule has 0 heterocycles. The molecule has 0 saturated carbocycles. The van der Waals surface area contributed by atoms with Crippen molar-refractivity contribution in [1.29, 1.82) is 0 Å². The van der Waals surface area contributed by atoms with Crippen LogP contribution in [0, 0.1) is 0 Å². The fraction of sp³-hybridized carbons (Fsp3) is 0.316. The third-order valence-electron chi connectivity index (χ3n) is 4.33. The van der Waals surface area contributed by atoms with E-state index in [0.29, 0.717) is 22.9 Å². The summed E-state index contributed by atoms with van der Waals surface area (Å²) < 4.78 is 0. The van der Waals surface area contributed by atoms with E-state index in [4.69, 9.17) is 23.2 Å². The first kappa shape index (κ1) is 16.4. The lowest BCUT2D eigenvalue weighted by Gasteiger charge is -2.26. The number of carbonyl (C=O) groups excluding carboxylic acids is 1. The van der Waals surface area contributed by atoms with Gasteiger partial charge < -0.3 is 5.32 Å². The lowest BCUT2D eigenvalue weighted by molar-refractivity contribution is -0.121. The fourth-order valence-electron chi connectivity index (χ4n) is 3.12. The van der Waals surface area contributed by atoms with E-state index < -0.39 is 0 Å². The molecule has 1 atom stereocenters. The van der Waals surface area contributed by atoms with Crippen LogP contribution in [-0.4, -0.2) is 5.91 Å². The average molecular weight is 348 g/mol. The number of halogens is 2. The summed E-state index contributed by atoms with van der Waals surface area (Å²) in [6.07, 6.45) is 4.35. The number of amides is 1. The molecule has 1 aliphatic carbocycles. The molecule has 2 aromatic rings. The van der Waals surface area contributed by atoms with E-state index in [0.717, 1.165) is 24.8 Å². The quantitative estimate of drug-likeness (QED) is 0.816. The molecule has 23 heavy (non-hydrogen) atoms. The molecule has 0 bridgehead atoms. The molecule has 0 unspecified atom stereocenters. The summed E-state index contributed by atoms with van der Waals surface area (Å²) in [5.41, 5.74) is 3.65. The van der Waals surface area contributed by atoms with Crippen LogP contribution >= 0.6 is 23.2 Å². The second kappa shape index (κ2) is 7.37. The van der Waals surface area contributed by atoms with E-state index in [1.165, 1.54) is 11.1 Å². The van der Waals surface area contributed by atoms with Gasteiger partial charge in [0.2, 0.25) is 5.91 Å². The van der Waals surface area contributed by atoms with Crippen molar-refractivity contribution in [2.45, 2.75) is 38.1 Å². The molecular formula is C19H19Cl2NO. The second-order valence-electron chi connectivity index (χ2n) is 5.96. The zero-order chi connectivity index (χ0) is 16.2. The molecule has 0 radical (unpaired) electrons. The van der Waals surface area contributed by atoms with E-state index >= 15 is 0 Å². The highest BCUT2D eigenvalue weighted by Crippen LogP contribution is 2.29. The van der Waals surface area contributed by atoms with E-state index in [1.807, 2.05) is 18.2 Å². The zero-order valence-electron chi connectivity index (χ0n) is 12.8. The van der Waals surface area contributed by atoms with Crippen LogP contribution in [0.4, 0.5) is 0 Å². The second-order valence-corrected chi connectivity index (χ2v) is 6.77. The van der Waals surface area contributed by atoms with Crippen molar-refractivity contribution in [3.63, 3.8) is 0 Å². The molecule has 3 rings (SSSR count). The van der Waals surface area contributed by atoms with Crippen molar-refractivity contribution in [1.82, 2.24) is 5.32 Å². The molecule has 120 valence electrons. The Labute approximate surface area is 146 Å². The Morgan fingerprint density at radius 3 is 2.78 bits per heavy atom. The van der Waals surface area contributed by atoms with Gasteiger partial charge in [-0.3, -0.25) is 4.79 Å². The van der Waals surface area contributed by atoms with Gasteiger partial charge in [-0.15, -0.1) is 0 Å². The summed E-state index contributed by atoms with van der Waals surface area (Å²) in [4.78, 5) is 12.3. The van der Waals surface area contributed by atoms with E-state index in [2.05, 4.69) is 23.5 Å². The minimum atomic E-state index is 0.0813. The minimum Gasteiger partial charge on any atom is -0.349 e. The van der Waals surface area contributed by atoms with E-state index in [-0.39, 0.29) is 11.9 Å². The van der Waals surface area contributed by atoms with Crippen LogP contribution in [0.15, 0.2) is 42.5 Å². The van der Waals surface area contributed by atoms with Gasteiger partial charge in [0.25, 0.3) is 0 Å². The Morgan fingerprint density at radius 2 is 1.96 bits per heavy atom. The van der Waals surface area contributed by atoms with Crippen LogP contribution in [-0.2, 0) is 17.6 Å². The number of carbonyl (C=O) groups is 1. The smallest absolute Gasteiger partial charge is 0.220 e. The number of aryl methyl sites for hydroxylation is 2. The molecule has 0 aliphatic heterocycles. The molecule has 4 heteroatoms. The largest absolute Gasteiger partial charge is 0.349 e.